The predicted octanol–water partition coefficient (Wildman–Crippen LogP) is 2.62. The average Bonchev–Trinajstić information content (AvgIpc) is 3.03. The minimum Gasteiger partial charge on any atom is -0.493 e. The van der Waals surface area contributed by atoms with Crippen LogP contribution in [0.25, 0.3) is 0 Å². The number of anilines is 1. The lowest BCUT2D eigenvalue weighted by molar-refractivity contribution is -0.117. The summed E-state index contributed by atoms with van der Waals surface area (Å²) < 4.78 is 7.06. The molecule has 172 valence electrons. The molecule has 8 heteroatoms. The zero-order chi connectivity index (χ0) is 22.7. The molecule has 1 aliphatic heterocycles. The number of allylic oxidation sites excluding steroid dienone is 2. The number of hydrogen-bond acceptors (Lipinski definition) is 6. The highest BCUT2D eigenvalue weighted by Crippen LogP contribution is 2.35. The number of benzene rings is 1. The van der Waals surface area contributed by atoms with Gasteiger partial charge in [-0.1, -0.05) is 24.3 Å². The summed E-state index contributed by atoms with van der Waals surface area (Å²) in [5.41, 5.74) is 5.08. The van der Waals surface area contributed by atoms with E-state index in [1.807, 2.05) is 44.2 Å². The molecule has 1 aromatic carbocycles. The number of rotatable bonds is 7. The number of amides is 1. The van der Waals surface area contributed by atoms with Gasteiger partial charge in [-0.25, -0.2) is 0 Å². The summed E-state index contributed by atoms with van der Waals surface area (Å²) in [7, 11) is 0. The largest absolute Gasteiger partial charge is 0.493 e. The van der Waals surface area contributed by atoms with Gasteiger partial charge in [0, 0.05) is 50.3 Å². The van der Waals surface area contributed by atoms with Crippen molar-refractivity contribution in [3.05, 3.63) is 47.5 Å². The van der Waals surface area contributed by atoms with E-state index in [2.05, 4.69) is 21.3 Å². The molecule has 0 radical (unpaired) electrons. The maximum Gasteiger partial charge on any atom is 0.240 e. The maximum absolute atomic E-state index is 12.5. The minimum absolute atomic E-state index is 0.0916. The minimum atomic E-state index is -0.242. The molecule has 1 amide bonds. The summed E-state index contributed by atoms with van der Waals surface area (Å²) in [6, 6.07) is 8.11. The fourth-order valence-corrected chi connectivity index (χ4v) is 4.30. The van der Waals surface area contributed by atoms with E-state index < -0.39 is 0 Å². The number of nitrogens with zero attached hydrogens (tertiary/aromatic N) is 3. The standard InChI is InChI=1S/C24H32N4O4/c1-17(2)32-21-10-6-5-9-20(21)27-15-13-26(14-16-27)12-11-22(29)25-28-23(30)18-7-3-4-8-19(18)24(28)31/h3-6,9-10,17,30-31H,7-8,11-16H2,1-2H3,(H,25,29). The van der Waals surface area contributed by atoms with Crippen LogP contribution in [0.1, 0.15) is 31.4 Å². The number of ether oxygens (including phenoxy) is 1. The van der Waals surface area contributed by atoms with Crippen LogP contribution in [-0.4, -0.2) is 64.5 Å². The second-order valence-electron chi connectivity index (χ2n) is 8.57. The number of carbonyl (C=O) groups is 1. The molecular formula is C24H32N4O4. The van der Waals surface area contributed by atoms with Gasteiger partial charge in [0.15, 0.2) is 0 Å². The highest BCUT2D eigenvalue weighted by molar-refractivity contribution is 5.84. The summed E-state index contributed by atoms with van der Waals surface area (Å²) in [4.78, 5) is 17.1. The molecule has 32 heavy (non-hydrogen) atoms. The quantitative estimate of drug-likeness (QED) is 0.574. The number of nitrogens with one attached hydrogen (secondary N) is 1. The molecule has 4 rings (SSSR count). The molecule has 8 nitrogen and oxygen atoms in total. The SMILES string of the molecule is CC(C)Oc1ccccc1N1CCN(CCC(=O)Nn2c(O)c3c(c2O)CC=CC3)CC1. The molecule has 0 bridgehead atoms. The van der Waals surface area contributed by atoms with Crippen LogP contribution >= 0.6 is 0 Å². The van der Waals surface area contributed by atoms with E-state index in [4.69, 9.17) is 4.74 Å². The highest BCUT2D eigenvalue weighted by atomic mass is 16.5. The average molecular weight is 441 g/mol. The summed E-state index contributed by atoms with van der Waals surface area (Å²) >= 11 is 0. The fraction of sp³-hybridized carbons (Fsp3) is 0.458. The monoisotopic (exact) mass is 440 g/mol. The Labute approximate surface area is 188 Å². The first kappa shape index (κ1) is 22.1. The van der Waals surface area contributed by atoms with Crippen LogP contribution in [0.15, 0.2) is 36.4 Å². The topological polar surface area (TPSA) is 90.2 Å². The van der Waals surface area contributed by atoms with Gasteiger partial charge in [0.1, 0.15) is 5.75 Å². The molecule has 0 saturated carbocycles. The van der Waals surface area contributed by atoms with Crippen molar-refractivity contribution in [2.45, 2.75) is 39.2 Å². The molecule has 0 spiro atoms. The van der Waals surface area contributed by atoms with Crippen LogP contribution in [0.2, 0.25) is 0 Å². The number of hydrogen-bond donors (Lipinski definition) is 3. The van der Waals surface area contributed by atoms with E-state index in [0.29, 0.717) is 30.5 Å². The summed E-state index contributed by atoms with van der Waals surface area (Å²) in [5, 5.41) is 20.7. The summed E-state index contributed by atoms with van der Waals surface area (Å²) in [6.07, 6.45) is 5.39. The van der Waals surface area contributed by atoms with E-state index in [1.54, 1.807) is 0 Å². The predicted molar refractivity (Wildman–Crippen MR) is 124 cm³/mol. The molecule has 0 unspecified atom stereocenters. The Morgan fingerprint density at radius 2 is 1.66 bits per heavy atom. The maximum atomic E-state index is 12.5. The van der Waals surface area contributed by atoms with Crippen LogP contribution < -0.4 is 15.1 Å². The van der Waals surface area contributed by atoms with Gasteiger partial charge >= 0.3 is 0 Å². The number of piperazine rings is 1. The first-order valence-corrected chi connectivity index (χ1v) is 11.3. The fourth-order valence-electron chi connectivity index (χ4n) is 4.30. The molecule has 1 aliphatic carbocycles. The van der Waals surface area contributed by atoms with Crippen LogP contribution in [-0.2, 0) is 17.6 Å². The molecule has 3 N–H and O–H groups in total. The van der Waals surface area contributed by atoms with Crippen LogP contribution in [0.5, 0.6) is 17.5 Å². The van der Waals surface area contributed by atoms with Crippen molar-refractivity contribution < 1.29 is 19.7 Å². The van der Waals surface area contributed by atoms with E-state index in [1.165, 1.54) is 0 Å². The first-order chi connectivity index (χ1) is 15.4. The molecule has 1 saturated heterocycles. The third-order valence-electron chi connectivity index (χ3n) is 5.97. The number of aromatic hydroxyl groups is 2. The van der Waals surface area contributed by atoms with Gasteiger partial charge in [-0.05, 0) is 38.8 Å². The van der Waals surface area contributed by atoms with Gasteiger partial charge in [-0.2, -0.15) is 4.68 Å². The second-order valence-corrected chi connectivity index (χ2v) is 8.57. The van der Waals surface area contributed by atoms with Crippen LogP contribution in [0, 0.1) is 0 Å². The molecule has 1 aromatic heterocycles. The normalized spacial score (nSPS) is 16.3. The van der Waals surface area contributed by atoms with Gasteiger partial charge < -0.3 is 19.8 Å². The van der Waals surface area contributed by atoms with E-state index >= 15 is 0 Å². The van der Waals surface area contributed by atoms with Gasteiger partial charge in [0.05, 0.1) is 11.8 Å². The van der Waals surface area contributed by atoms with Crippen molar-refractivity contribution in [2.75, 3.05) is 43.0 Å². The summed E-state index contributed by atoms with van der Waals surface area (Å²) in [6.45, 7) is 8.09. The van der Waals surface area contributed by atoms with Crippen molar-refractivity contribution in [3.63, 3.8) is 0 Å². The molecule has 2 heterocycles. The van der Waals surface area contributed by atoms with Gasteiger partial charge in [0.2, 0.25) is 17.7 Å². The lowest BCUT2D eigenvalue weighted by Crippen LogP contribution is -2.47. The molecular weight excluding hydrogens is 408 g/mol. The Kier molecular flexibility index (Phi) is 6.60. The Bertz CT molecular complexity index is 959. The molecule has 2 aromatic rings. The zero-order valence-corrected chi connectivity index (χ0v) is 18.8. The molecule has 1 fully saturated rings. The van der Waals surface area contributed by atoms with Crippen molar-refractivity contribution in [1.29, 1.82) is 0 Å². The van der Waals surface area contributed by atoms with Crippen molar-refractivity contribution >= 4 is 11.6 Å². The van der Waals surface area contributed by atoms with Crippen molar-refractivity contribution in [3.8, 4) is 17.5 Å². The van der Waals surface area contributed by atoms with Gasteiger partial charge in [-0.15, -0.1) is 0 Å². The molecule has 2 aliphatic rings. The lowest BCUT2D eigenvalue weighted by atomic mass is 10.0. The lowest BCUT2D eigenvalue weighted by Gasteiger charge is -2.36. The van der Waals surface area contributed by atoms with E-state index in [-0.39, 0.29) is 30.2 Å². The highest BCUT2D eigenvalue weighted by Gasteiger charge is 2.24. The first-order valence-electron chi connectivity index (χ1n) is 11.3. The zero-order valence-electron chi connectivity index (χ0n) is 18.8. The van der Waals surface area contributed by atoms with E-state index in [0.717, 1.165) is 42.3 Å². The van der Waals surface area contributed by atoms with E-state index in [9.17, 15) is 15.0 Å². The van der Waals surface area contributed by atoms with Crippen molar-refractivity contribution in [1.82, 2.24) is 9.58 Å². The number of fused-ring (bicyclic) bond motifs is 1. The van der Waals surface area contributed by atoms with Crippen molar-refractivity contribution in [2.24, 2.45) is 0 Å². The Balaban J connectivity index is 1.28. The third kappa shape index (κ3) is 4.70. The number of aromatic nitrogens is 1. The molecule has 0 atom stereocenters. The van der Waals surface area contributed by atoms with Crippen LogP contribution in [0.4, 0.5) is 5.69 Å². The summed E-state index contributed by atoms with van der Waals surface area (Å²) in [5.74, 6) is 0.478. The Morgan fingerprint density at radius 3 is 2.28 bits per heavy atom. The Hall–Kier alpha value is -3.13. The van der Waals surface area contributed by atoms with Gasteiger partial charge in [-0.3, -0.25) is 15.1 Å². The number of para-hydroxylation sites is 2. The third-order valence-corrected chi connectivity index (χ3v) is 5.97. The smallest absolute Gasteiger partial charge is 0.240 e. The Morgan fingerprint density at radius 1 is 1.03 bits per heavy atom. The number of carbonyl (C=O) groups excluding carboxylic acids is 1. The van der Waals surface area contributed by atoms with Crippen LogP contribution in [0.3, 0.4) is 0 Å². The second kappa shape index (κ2) is 9.56. The van der Waals surface area contributed by atoms with Gasteiger partial charge in [0.25, 0.3) is 0 Å².